The van der Waals surface area contributed by atoms with Crippen LogP contribution in [0.4, 0.5) is 0 Å². The highest BCUT2D eigenvalue weighted by Gasteiger charge is 2.14. The SMILES string of the molecule is C(=C/COC1CCCOC1)/COC1CCCOC1. The quantitative estimate of drug-likeness (QED) is 0.681. The number of hydrogen-bond donors (Lipinski definition) is 0. The molecule has 2 saturated heterocycles. The smallest absolute Gasteiger partial charge is 0.0813 e. The fourth-order valence-corrected chi connectivity index (χ4v) is 2.20. The predicted octanol–water partition coefficient (Wildman–Crippen LogP) is 1.93. The molecule has 0 radical (unpaired) electrons. The minimum Gasteiger partial charge on any atom is -0.379 e. The van der Waals surface area contributed by atoms with Gasteiger partial charge in [0.05, 0.1) is 38.6 Å². The summed E-state index contributed by atoms with van der Waals surface area (Å²) in [5.41, 5.74) is 0. The molecule has 2 unspecified atom stereocenters. The molecule has 0 aromatic carbocycles. The molecule has 0 aliphatic carbocycles. The van der Waals surface area contributed by atoms with Crippen molar-refractivity contribution in [2.24, 2.45) is 0 Å². The van der Waals surface area contributed by atoms with Crippen LogP contribution < -0.4 is 0 Å². The van der Waals surface area contributed by atoms with Crippen molar-refractivity contribution < 1.29 is 18.9 Å². The van der Waals surface area contributed by atoms with Crippen LogP contribution in [0.5, 0.6) is 0 Å². The lowest BCUT2D eigenvalue weighted by Gasteiger charge is -2.22. The Labute approximate surface area is 109 Å². The summed E-state index contributed by atoms with van der Waals surface area (Å²) in [6.45, 7) is 4.55. The average molecular weight is 256 g/mol. The molecule has 2 fully saturated rings. The summed E-state index contributed by atoms with van der Waals surface area (Å²) in [7, 11) is 0. The largest absolute Gasteiger partial charge is 0.379 e. The van der Waals surface area contributed by atoms with Gasteiger partial charge in [-0.2, -0.15) is 0 Å². The van der Waals surface area contributed by atoms with Gasteiger partial charge in [0.15, 0.2) is 0 Å². The third-order valence-electron chi connectivity index (χ3n) is 3.26. The van der Waals surface area contributed by atoms with E-state index in [-0.39, 0.29) is 12.2 Å². The highest BCUT2D eigenvalue weighted by Crippen LogP contribution is 2.10. The Bertz CT molecular complexity index is 206. The summed E-state index contributed by atoms with van der Waals surface area (Å²) in [4.78, 5) is 0. The molecule has 0 bridgehead atoms. The van der Waals surface area contributed by atoms with E-state index in [0.29, 0.717) is 13.2 Å². The average Bonchev–Trinajstić information content (AvgIpc) is 2.45. The van der Waals surface area contributed by atoms with Gasteiger partial charge < -0.3 is 18.9 Å². The third kappa shape index (κ3) is 5.48. The van der Waals surface area contributed by atoms with Crippen LogP contribution in [0.2, 0.25) is 0 Å². The predicted molar refractivity (Wildman–Crippen MR) is 68.7 cm³/mol. The van der Waals surface area contributed by atoms with Gasteiger partial charge in [0.2, 0.25) is 0 Å². The first-order valence-electron chi connectivity index (χ1n) is 6.99. The van der Waals surface area contributed by atoms with Crippen molar-refractivity contribution in [3.8, 4) is 0 Å². The molecular weight excluding hydrogens is 232 g/mol. The maximum Gasteiger partial charge on any atom is 0.0813 e. The molecule has 0 N–H and O–H groups in total. The van der Waals surface area contributed by atoms with Gasteiger partial charge in [0, 0.05) is 13.2 Å². The van der Waals surface area contributed by atoms with Crippen molar-refractivity contribution >= 4 is 0 Å². The van der Waals surface area contributed by atoms with Crippen molar-refractivity contribution in [3.63, 3.8) is 0 Å². The molecule has 0 spiro atoms. The first-order chi connectivity index (χ1) is 8.95. The van der Waals surface area contributed by atoms with Crippen LogP contribution in [-0.2, 0) is 18.9 Å². The van der Waals surface area contributed by atoms with Crippen LogP contribution in [0.15, 0.2) is 12.2 Å². The van der Waals surface area contributed by atoms with Gasteiger partial charge in [-0.3, -0.25) is 0 Å². The summed E-state index contributed by atoms with van der Waals surface area (Å²) in [6, 6.07) is 0. The lowest BCUT2D eigenvalue weighted by molar-refractivity contribution is -0.0436. The maximum atomic E-state index is 5.68. The third-order valence-corrected chi connectivity index (χ3v) is 3.26. The maximum absolute atomic E-state index is 5.68. The van der Waals surface area contributed by atoms with Crippen LogP contribution >= 0.6 is 0 Å². The zero-order valence-corrected chi connectivity index (χ0v) is 11.0. The Morgan fingerprint density at radius 1 is 0.833 bits per heavy atom. The molecule has 18 heavy (non-hydrogen) atoms. The molecule has 2 aliphatic rings. The normalized spacial score (nSPS) is 29.8. The van der Waals surface area contributed by atoms with Crippen molar-refractivity contribution in [3.05, 3.63) is 12.2 Å². The first kappa shape index (κ1) is 14.0. The Kier molecular flexibility index (Phi) is 6.72. The van der Waals surface area contributed by atoms with E-state index in [1.54, 1.807) is 0 Å². The standard InChI is InChI=1S/C14H24O4/c1(9-17-13-5-3-7-15-11-13)2-10-18-14-6-4-8-16-12-14/h1-2,13-14H,3-12H2/b2-1-. The summed E-state index contributed by atoms with van der Waals surface area (Å²) in [5, 5.41) is 0. The van der Waals surface area contributed by atoms with E-state index in [4.69, 9.17) is 18.9 Å². The van der Waals surface area contributed by atoms with E-state index in [1.165, 1.54) is 0 Å². The zero-order chi connectivity index (χ0) is 12.5. The molecule has 2 heterocycles. The van der Waals surface area contributed by atoms with Crippen LogP contribution in [0.1, 0.15) is 25.7 Å². The van der Waals surface area contributed by atoms with E-state index >= 15 is 0 Å². The van der Waals surface area contributed by atoms with Crippen molar-refractivity contribution in [1.29, 1.82) is 0 Å². The molecule has 0 amide bonds. The summed E-state index contributed by atoms with van der Waals surface area (Å²) in [5.74, 6) is 0. The van der Waals surface area contributed by atoms with E-state index in [2.05, 4.69) is 0 Å². The van der Waals surface area contributed by atoms with E-state index in [9.17, 15) is 0 Å². The molecule has 0 aromatic rings. The summed E-state index contributed by atoms with van der Waals surface area (Å²) >= 11 is 0. The fraction of sp³-hybridized carbons (Fsp3) is 0.857. The molecular formula is C14H24O4. The molecule has 4 nitrogen and oxygen atoms in total. The van der Waals surface area contributed by atoms with Gasteiger partial charge in [-0.15, -0.1) is 0 Å². The first-order valence-corrected chi connectivity index (χ1v) is 6.99. The van der Waals surface area contributed by atoms with Gasteiger partial charge in [-0.05, 0) is 25.7 Å². The van der Waals surface area contributed by atoms with Gasteiger partial charge >= 0.3 is 0 Å². The van der Waals surface area contributed by atoms with Gasteiger partial charge in [-0.1, -0.05) is 12.2 Å². The summed E-state index contributed by atoms with van der Waals surface area (Å²) in [6.07, 6.45) is 9.05. The highest BCUT2D eigenvalue weighted by molar-refractivity contribution is 4.82. The topological polar surface area (TPSA) is 36.9 Å². The molecule has 0 aromatic heterocycles. The zero-order valence-electron chi connectivity index (χ0n) is 11.0. The fourth-order valence-electron chi connectivity index (χ4n) is 2.20. The highest BCUT2D eigenvalue weighted by atomic mass is 16.5. The van der Waals surface area contributed by atoms with Gasteiger partial charge in [0.1, 0.15) is 0 Å². The summed E-state index contributed by atoms with van der Waals surface area (Å²) < 4.78 is 22.1. The Balaban J connectivity index is 1.46. The molecule has 2 rings (SSSR count). The molecule has 0 saturated carbocycles. The minimum atomic E-state index is 0.274. The lowest BCUT2D eigenvalue weighted by atomic mass is 10.2. The van der Waals surface area contributed by atoms with E-state index in [1.807, 2.05) is 12.2 Å². The van der Waals surface area contributed by atoms with Crippen molar-refractivity contribution in [2.45, 2.75) is 37.9 Å². The minimum absolute atomic E-state index is 0.274. The van der Waals surface area contributed by atoms with Gasteiger partial charge in [0.25, 0.3) is 0 Å². The van der Waals surface area contributed by atoms with Crippen molar-refractivity contribution in [2.75, 3.05) is 39.6 Å². The van der Waals surface area contributed by atoms with Crippen LogP contribution in [0.3, 0.4) is 0 Å². The Hall–Kier alpha value is -0.420. The Morgan fingerprint density at radius 2 is 1.33 bits per heavy atom. The number of rotatable bonds is 6. The van der Waals surface area contributed by atoms with Crippen LogP contribution in [0.25, 0.3) is 0 Å². The monoisotopic (exact) mass is 256 g/mol. The number of ether oxygens (including phenoxy) is 4. The molecule has 2 atom stereocenters. The Morgan fingerprint density at radius 3 is 1.72 bits per heavy atom. The molecule has 2 aliphatic heterocycles. The number of hydrogen-bond acceptors (Lipinski definition) is 4. The van der Waals surface area contributed by atoms with E-state index in [0.717, 1.165) is 52.1 Å². The second-order valence-corrected chi connectivity index (χ2v) is 4.82. The van der Waals surface area contributed by atoms with Crippen LogP contribution in [-0.4, -0.2) is 51.8 Å². The lowest BCUT2D eigenvalue weighted by Crippen LogP contribution is -2.26. The van der Waals surface area contributed by atoms with Gasteiger partial charge in [-0.25, -0.2) is 0 Å². The molecule has 4 heteroatoms. The van der Waals surface area contributed by atoms with Crippen molar-refractivity contribution in [1.82, 2.24) is 0 Å². The second kappa shape index (κ2) is 8.64. The van der Waals surface area contributed by atoms with E-state index < -0.39 is 0 Å². The second-order valence-electron chi connectivity index (χ2n) is 4.82. The van der Waals surface area contributed by atoms with Crippen LogP contribution in [0, 0.1) is 0 Å². The molecule has 104 valence electrons.